The Balaban J connectivity index is 2.00. The summed E-state index contributed by atoms with van der Waals surface area (Å²) in [5.41, 5.74) is 4.02. The molecule has 0 spiro atoms. The summed E-state index contributed by atoms with van der Waals surface area (Å²) in [5, 5.41) is 0.840. The van der Waals surface area contributed by atoms with E-state index in [2.05, 4.69) is 4.98 Å². The van der Waals surface area contributed by atoms with Crippen LogP contribution in [-0.4, -0.2) is 17.6 Å². The first-order valence-corrected chi connectivity index (χ1v) is 9.28. The molecule has 2 heterocycles. The molecule has 0 saturated heterocycles. The number of rotatable bonds is 4. The van der Waals surface area contributed by atoms with Crippen LogP contribution < -0.4 is 0 Å². The number of fused-ring (bicyclic) bond motifs is 3. The summed E-state index contributed by atoms with van der Waals surface area (Å²) in [4.78, 5) is 15.0. The maximum absolute atomic E-state index is 14.7. The predicted molar refractivity (Wildman–Crippen MR) is 102 cm³/mol. The van der Waals surface area contributed by atoms with Gasteiger partial charge in [-0.1, -0.05) is 43.3 Å². The Bertz CT molecular complexity index is 996. The largest absolute Gasteiger partial charge is 0.427 e. The van der Waals surface area contributed by atoms with Gasteiger partial charge in [0.05, 0.1) is 17.8 Å². The average molecular weight is 367 g/mol. The van der Waals surface area contributed by atoms with E-state index in [1.165, 1.54) is 13.0 Å². The van der Waals surface area contributed by atoms with E-state index < -0.39 is 11.8 Å². The number of aromatic nitrogens is 1. The third kappa shape index (κ3) is 2.92. The zero-order chi connectivity index (χ0) is 19.0. The molecule has 1 atom stereocenters. The van der Waals surface area contributed by atoms with Gasteiger partial charge < -0.3 is 14.5 Å². The fourth-order valence-corrected chi connectivity index (χ4v) is 4.05. The lowest BCUT2D eigenvalue weighted by Crippen LogP contribution is -2.39. The minimum Gasteiger partial charge on any atom is -0.427 e. The van der Waals surface area contributed by atoms with Gasteiger partial charge in [0.15, 0.2) is 0 Å². The van der Waals surface area contributed by atoms with Crippen LogP contribution in [-0.2, 0) is 26.5 Å². The second kappa shape index (κ2) is 6.82. The lowest BCUT2D eigenvalue weighted by Gasteiger charge is -2.36. The highest BCUT2D eigenvalue weighted by molar-refractivity contribution is 5.99. The molecule has 1 aromatic heterocycles. The van der Waals surface area contributed by atoms with Crippen molar-refractivity contribution >= 4 is 16.9 Å². The number of esters is 1. The first kappa shape index (κ1) is 17.7. The predicted octanol–water partition coefficient (Wildman–Crippen LogP) is 5.06. The quantitative estimate of drug-likeness (QED) is 0.656. The van der Waals surface area contributed by atoms with E-state index in [0.717, 1.165) is 28.5 Å². The number of hydrogen-bond donors (Lipinski definition) is 1. The molecule has 0 aliphatic carbocycles. The van der Waals surface area contributed by atoms with E-state index in [9.17, 15) is 9.18 Å². The minimum absolute atomic E-state index is 0.327. The number of carbonyl (C=O) groups excluding carboxylic acids is 1. The van der Waals surface area contributed by atoms with Gasteiger partial charge in [0.2, 0.25) is 0 Å². The highest BCUT2D eigenvalue weighted by Gasteiger charge is 2.43. The van der Waals surface area contributed by atoms with Crippen LogP contribution in [0.4, 0.5) is 4.39 Å². The fourth-order valence-electron chi connectivity index (χ4n) is 4.05. The summed E-state index contributed by atoms with van der Waals surface area (Å²) in [7, 11) is 0. The molecule has 2 aromatic carbocycles. The van der Waals surface area contributed by atoms with Crippen LogP contribution >= 0.6 is 0 Å². The van der Waals surface area contributed by atoms with Gasteiger partial charge in [-0.15, -0.1) is 0 Å². The first-order valence-electron chi connectivity index (χ1n) is 9.28. The Labute approximate surface area is 157 Å². The molecular weight excluding hydrogens is 345 g/mol. The summed E-state index contributed by atoms with van der Waals surface area (Å²) in [6, 6.07) is 13.2. The molecular formula is C22H22FNO3. The smallest absolute Gasteiger partial charge is 0.305 e. The van der Waals surface area contributed by atoms with E-state index >= 15 is 0 Å². The van der Waals surface area contributed by atoms with Gasteiger partial charge in [0, 0.05) is 18.7 Å². The number of H-pyrrole nitrogens is 1. The number of ether oxygens (including phenoxy) is 2. The Morgan fingerprint density at radius 2 is 2.04 bits per heavy atom. The number of nitrogens with one attached hydrogen (secondary N) is 1. The molecule has 4 rings (SSSR count). The third-order valence-electron chi connectivity index (χ3n) is 5.05. The summed E-state index contributed by atoms with van der Waals surface area (Å²) < 4.78 is 26.3. The Hall–Kier alpha value is -2.66. The molecule has 4 nitrogen and oxygen atoms in total. The summed E-state index contributed by atoms with van der Waals surface area (Å²) in [6.45, 7) is 3.78. The molecule has 1 aliphatic heterocycles. The molecule has 0 radical (unpaired) electrons. The van der Waals surface area contributed by atoms with Crippen LogP contribution in [0.2, 0.25) is 0 Å². The molecule has 0 bridgehead atoms. The van der Waals surface area contributed by atoms with Gasteiger partial charge in [0.25, 0.3) is 5.79 Å². The van der Waals surface area contributed by atoms with Gasteiger partial charge in [-0.05, 0) is 35.6 Å². The molecule has 0 saturated carbocycles. The molecule has 27 heavy (non-hydrogen) atoms. The first-order chi connectivity index (χ1) is 13.1. The van der Waals surface area contributed by atoms with Crippen LogP contribution in [0.25, 0.3) is 22.0 Å². The van der Waals surface area contributed by atoms with Gasteiger partial charge in [-0.25, -0.2) is 4.39 Å². The number of aromatic amines is 1. The van der Waals surface area contributed by atoms with E-state index in [1.807, 2.05) is 43.3 Å². The second-order valence-electron chi connectivity index (χ2n) is 6.88. The lowest BCUT2D eigenvalue weighted by molar-refractivity contribution is -0.247. The maximum atomic E-state index is 14.7. The van der Waals surface area contributed by atoms with Crippen LogP contribution in [0.1, 0.15) is 37.9 Å². The number of halogens is 1. The van der Waals surface area contributed by atoms with Crippen molar-refractivity contribution in [1.29, 1.82) is 0 Å². The standard InChI is InChI=1S/C22H22FNO3/c1-3-12-22(27-14(2)25)21-17(11-13-26-22)19-16(15-7-5-4-6-8-15)9-10-18(23)20(19)24-21/h4-10,24H,3,11-13H2,1-2H3. The van der Waals surface area contributed by atoms with E-state index in [0.29, 0.717) is 30.7 Å². The van der Waals surface area contributed by atoms with Crippen LogP contribution in [0.3, 0.4) is 0 Å². The molecule has 3 aromatic rings. The SMILES string of the molecule is CCCC1(OC(C)=O)OCCc2c1[nH]c1c(F)ccc(-c3ccccc3)c21. The Morgan fingerprint density at radius 1 is 1.26 bits per heavy atom. The van der Waals surface area contributed by atoms with Gasteiger partial charge in [-0.3, -0.25) is 4.79 Å². The average Bonchev–Trinajstić information content (AvgIpc) is 3.05. The van der Waals surface area contributed by atoms with Crippen LogP contribution in [0, 0.1) is 5.82 Å². The number of benzene rings is 2. The van der Waals surface area contributed by atoms with Crippen molar-refractivity contribution in [2.24, 2.45) is 0 Å². The Morgan fingerprint density at radius 3 is 2.74 bits per heavy atom. The molecule has 0 amide bonds. The zero-order valence-corrected chi connectivity index (χ0v) is 15.5. The third-order valence-corrected chi connectivity index (χ3v) is 5.05. The van der Waals surface area contributed by atoms with Crippen LogP contribution in [0.5, 0.6) is 0 Å². The van der Waals surface area contributed by atoms with Gasteiger partial charge in [0.1, 0.15) is 5.82 Å². The molecule has 1 unspecified atom stereocenters. The van der Waals surface area contributed by atoms with E-state index in [1.54, 1.807) is 0 Å². The van der Waals surface area contributed by atoms with Gasteiger partial charge >= 0.3 is 5.97 Å². The fraction of sp³-hybridized carbons (Fsp3) is 0.318. The van der Waals surface area contributed by atoms with Crippen molar-refractivity contribution < 1.29 is 18.7 Å². The summed E-state index contributed by atoms with van der Waals surface area (Å²) in [6.07, 6.45) is 1.90. The van der Waals surface area contributed by atoms with E-state index in [-0.39, 0.29) is 5.82 Å². The van der Waals surface area contributed by atoms with Crippen molar-refractivity contribution in [3.63, 3.8) is 0 Å². The highest BCUT2D eigenvalue weighted by atomic mass is 19.1. The normalized spacial score (nSPS) is 19.1. The minimum atomic E-state index is -1.19. The second-order valence-corrected chi connectivity index (χ2v) is 6.88. The monoisotopic (exact) mass is 367 g/mol. The van der Waals surface area contributed by atoms with Crippen molar-refractivity contribution in [2.45, 2.75) is 38.9 Å². The molecule has 140 valence electrons. The maximum Gasteiger partial charge on any atom is 0.305 e. The Kier molecular flexibility index (Phi) is 4.48. The number of hydrogen-bond acceptors (Lipinski definition) is 3. The highest BCUT2D eigenvalue weighted by Crippen LogP contribution is 2.44. The van der Waals surface area contributed by atoms with E-state index in [4.69, 9.17) is 9.47 Å². The molecule has 5 heteroatoms. The number of carbonyl (C=O) groups is 1. The van der Waals surface area contributed by atoms with Gasteiger partial charge in [-0.2, -0.15) is 0 Å². The molecule has 1 aliphatic rings. The zero-order valence-electron chi connectivity index (χ0n) is 15.5. The summed E-state index contributed by atoms with van der Waals surface area (Å²) >= 11 is 0. The van der Waals surface area contributed by atoms with Crippen LogP contribution in [0.15, 0.2) is 42.5 Å². The summed E-state index contributed by atoms with van der Waals surface area (Å²) in [5.74, 6) is -1.93. The van der Waals surface area contributed by atoms with Crippen molar-refractivity contribution in [3.8, 4) is 11.1 Å². The van der Waals surface area contributed by atoms with Crippen molar-refractivity contribution in [3.05, 3.63) is 59.5 Å². The van der Waals surface area contributed by atoms with Crippen molar-refractivity contribution in [2.75, 3.05) is 6.61 Å². The molecule has 0 fully saturated rings. The molecule has 1 N–H and O–H groups in total. The topological polar surface area (TPSA) is 51.3 Å². The lowest BCUT2D eigenvalue weighted by atomic mass is 9.93. The van der Waals surface area contributed by atoms with Crippen molar-refractivity contribution in [1.82, 2.24) is 4.98 Å².